The minimum absolute atomic E-state index is 0.186. The van der Waals surface area contributed by atoms with Gasteiger partial charge in [0.1, 0.15) is 6.33 Å². The largest absolute Gasteiger partial charge is 0.394 e. The van der Waals surface area contributed by atoms with Gasteiger partial charge in [-0.1, -0.05) is 24.3 Å². The highest BCUT2D eigenvalue weighted by Crippen LogP contribution is 2.12. The molecule has 0 amide bonds. The van der Waals surface area contributed by atoms with Gasteiger partial charge in [-0.25, -0.2) is 4.98 Å². The predicted octanol–water partition coefficient (Wildman–Crippen LogP) is 2.10. The van der Waals surface area contributed by atoms with Crippen LogP contribution in [0.15, 0.2) is 54.5 Å². The molecule has 1 heterocycles. The summed E-state index contributed by atoms with van der Waals surface area (Å²) < 4.78 is 1.45. The first kappa shape index (κ1) is 11.1. The Labute approximate surface area is 99.1 Å². The first-order chi connectivity index (χ1) is 8.24. The van der Waals surface area contributed by atoms with Gasteiger partial charge in [0, 0.05) is 0 Å². The molecule has 1 aromatic carbocycles. The van der Waals surface area contributed by atoms with Crippen molar-refractivity contribution in [3.05, 3.63) is 54.5 Å². The number of rotatable bonds is 2. The van der Waals surface area contributed by atoms with Crippen molar-refractivity contribution in [1.82, 2.24) is 9.55 Å². The molecule has 2 N–H and O–H groups in total. The van der Waals surface area contributed by atoms with E-state index in [2.05, 4.69) is 4.98 Å². The fraction of sp³-hybridized carbons (Fsp3) is 0.0769. The van der Waals surface area contributed by atoms with E-state index in [9.17, 15) is 4.79 Å². The molecule has 2 aromatic rings. The number of carbonyl (C=O) groups excluding carboxylic acids is 1. The van der Waals surface area contributed by atoms with Crippen molar-refractivity contribution >= 4 is 16.9 Å². The van der Waals surface area contributed by atoms with Crippen molar-refractivity contribution in [3.8, 4) is 0 Å². The molecule has 1 aromatic heterocycles. The Kier molecular flexibility index (Phi) is 3.05. The molecule has 0 atom stereocenters. The standard InChI is InChI=1S/C13H13N3O/c1-2-3-6-10(14)13(17)16-9-15-11-7-4-5-8-12(11)16/h2-9H,14H2,1H3. The minimum atomic E-state index is -0.267. The Balaban J connectivity index is 2.44. The fourth-order valence-electron chi connectivity index (χ4n) is 1.53. The first-order valence-corrected chi connectivity index (χ1v) is 5.29. The van der Waals surface area contributed by atoms with Crippen molar-refractivity contribution < 1.29 is 4.79 Å². The molecular weight excluding hydrogens is 214 g/mol. The molecule has 4 nitrogen and oxygen atoms in total. The van der Waals surface area contributed by atoms with Gasteiger partial charge in [0.25, 0.3) is 5.91 Å². The molecule has 0 saturated heterocycles. The molecule has 0 unspecified atom stereocenters. The number of hydrogen-bond donors (Lipinski definition) is 1. The summed E-state index contributed by atoms with van der Waals surface area (Å²) in [6.07, 6.45) is 6.61. The second-order valence-corrected chi connectivity index (χ2v) is 3.56. The maximum atomic E-state index is 12.0. The summed E-state index contributed by atoms with van der Waals surface area (Å²) in [6.45, 7) is 1.86. The van der Waals surface area contributed by atoms with Gasteiger partial charge in [0.05, 0.1) is 16.7 Å². The smallest absolute Gasteiger partial charge is 0.279 e. The summed E-state index contributed by atoms with van der Waals surface area (Å²) in [6, 6.07) is 7.43. The third-order valence-electron chi connectivity index (χ3n) is 2.39. The second-order valence-electron chi connectivity index (χ2n) is 3.56. The molecule has 0 aliphatic rings. The number of carbonyl (C=O) groups is 1. The summed E-state index contributed by atoms with van der Waals surface area (Å²) >= 11 is 0. The van der Waals surface area contributed by atoms with Gasteiger partial charge in [-0.2, -0.15) is 0 Å². The zero-order chi connectivity index (χ0) is 12.3. The van der Waals surface area contributed by atoms with Crippen LogP contribution < -0.4 is 5.73 Å². The normalized spacial score (nSPS) is 12.4. The van der Waals surface area contributed by atoms with E-state index in [1.54, 1.807) is 12.2 Å². The molecule has 2 rings (SSSR count). The lowest BCUT2D eigenvalue weighted by atomic mass is 10.3. The van der Waals surface area contributed by atoms with Crippen molar-refractivity contribution in [2.24, 2.45) is 5.73 Å². The van der Waals surface area contributed by atoms with Crippen LogP contribution in [0.3, 0.4) is 0 Å². The van der Waals surface area contributed by atoms with E-state index in [4.69, 9.17) is 5.73 Å². The van der Waals surface area contributed by atoms with Crippen LogP contribution in [0, 0.1) is 0 Å². The van der Waals surface area contributed by atoms with Crippen LogP contribution in [0.25, 0.3) is 11.0 Å². The van der Waals surface area contributed by atoms with E-state index < -0.39 is 0 Å². The van der Waals surface area contributed by atoms with Crippen molar-refractivity contribution in [2.75, 3.05) is 0 Å². The van der Waals surface area contributed by atoms with Gasteiger partial charge in [0.2, 0.25) is 0 Å². The van der Waals surface area contributed by atoms with Gasteiger partial charge in [-0.15, -0.1) is 0 Å². The van der Waals surface area contributed by atoms with Gasteiger partial charge < -0.3 is 5.73 Å². The Hall–Kier alpha value is -2.36. The number of allylic oxidation sites excluding steroid dienone is 4. The highest BCUT2D eigenvalue weighted by atomic mass is 16.2. The maximum Gasteiger partial charge on any atom is 0.279 e. The predicted molar refractivity (Wildman–Crippen MR) is 67.4 cm³/mol. The van der Waals surface area contributed by atoms with Crippen LogP contribution >= 0.6 is 0 Å². The number of imidazole rings is 1. The summed E-state index contributed by atoms with van der Waals surface area (Å²) in [5, 5.41) is 0. The molecule has 0 radical (unpaired) electrons. The number of aromatic nitrogens is 2. The summed E-state index contributed by atoms with van der Waals surface area (Å²) in [5.74, 6) is -0.267. The van der Waals surface area contributed by atoms with Crippen LogP contribution in [0.5, 0.6) is 0 Å². The molecule has 0 spiro atoms. The number of para-hydroxylation sites is 2. The molecule has 0 aliphatic heterocycles. The van der Waals surface area contributed by atoms with Crippen LogP contribution in [0.4, 0.5) is 0 Å². The number of nitrogens with two attached hydrogens (primary N) is 1. The summed E-state index contributed by atoms with van der Waals surface area (Å²) in [4.78, 5) is 16.2. The third kappa shape index (κ3) is 2.10. The van der Waals surface area contributed by atoms with Crippen LogP contribution in [-0.2, 0) is 0 Å². The third-order valence-corrected chi connectivity index (χ3v) is 2.39. The van der Waals surface area contributed by atoms with Crippen molar-refractivity contribution in [1.29, 1.82) is 0 Å². The number of benzene rings is 1. The zero-order valence-electron chi connectivity index (χ0n) is 9.50. The van der Waals surface area contributed by atoms with Gasteiger partial charge >= 0.3 is 0 Å². The SMILES string of the molecule is CC=CC=C(N)C(=O)n1cnc2ccccc21. The van der Waals surface area contributed by atoms with Crippen LogP contribution in [-0.4, -0.2) is 15.5 Å². The first-order valence-electron chi connectivity index (χ1n) is 5.29. The van der Waals surface area contributed by atoms with Gasteiger partial charge in [0.15, 0.2) is 0 Å². The number of hydrogen-bond acceptors (Lipinski definition) is 3. The Morgan fingerprint density at radius 2 is 2.18 bits per heavy atom. The van der Waals surface area contributed by atoms with Gasteiger partial charge in [-0.3, -0.25) is 9.36 Å². The van der Waals surface area contributed by atoms with Gasteiger partial charge in [-0.05, 0) is 25.1 Å². The molecule has 0 aliphatic carbocycles. The molecule has 0 saturated carbocycles. The molecule has 17 heavy (non-hydrogen) atoms. The lowest BCUT2D eigenvalue weighted by molar-refractivity contribution is 0.0958. The molecule has 4 heteroatoms. The number of nitrogens with zero attached hydrogens (tertiary/aromatic N) is 2. The summed E-state index contributed by atoms with van der Waals surface area (Å²) in [5.41, 5.74) is 7.42. The van der Waals surface area contributed by atoms with Crippen molar-refractivity contribution in [3.63, 3.8) is 0 Å². The van der Waals surface area contributed by atoms with E-state index in [1.807, 2.05) is 37.3 Å². The van der Waals surface area contributed by atoms with E-state index >= 15 is 0 Å². The van der Waals surface area contributed by atoms with Crippen LogP contribution in [0.2, 0.25) is 0 Å². The second kappa shape index (κ2) is 4.65. The Bertz CT molecular complexity index is 608. The highest BCUT2D eigenvalue weighted by Gasteiger charge is 2.11. The lowest BCUT2D eigenvalue weighted by Gasteiger charge is -2.02. The number of fused-ring (bicyclic) bond motifs is 1. The quantitative estimate of drug-likeness (QED) is 0.631. The topological polar surface area (TPSA) is 60.9 Å². The molecule has 0 fully saturated rings. The van der Waals surface area contributed by atoms with E-state index in [-0.39, 0.29) is 11.6 Å². The van der Waals surface area contributed by atoms with Crippen LogP contribution in [0.1, 0.15) is 11.7 Å². The Morgan fingerprint density at radius 1 is 1.41 bits per heavy atom. The lowest BCUT2D eigenvalue weighted by Crippen LogP contribution is -2.18. The average Bonchev–Trinajstić information content (AvgIpc) is 2.78. The van der Waals surface area contributed by atoms with Crippen molar-refractivity contribution in [2.45, 2.75) is 6.92 Å². The molecule has 0 bridgehead atoms. The highest BCUT2D eigenvalue weighted by molar-refractivity contribution is 6.00. The molecular formula is C13H13N3O. The average molecular weight is 227 g/mol. The van der Waals surface area contributed by atoms with E-state index in [0.717, 1.165) is 11.0 Å². The maximum absolute atomic E-state index is 12.0. The fourth-order valence-corrected chi connectivity index (χ4v) is 1.53. The van der Waals surface area contributed by atoms with E-state index in [0.29, 0.717) is 0 Å². The monoisotopic (exact) mass is 227 g/mol. The Morgan fingerprint density at radius 3 is 2.94 bits per heavy atom. The zero-order valence-corrected chi connectivity index (χ0v) is 9.50. The minimum Gasteiger partial charge on any atom is -0.394 e. The molecule has 86 valence electrons. The van der Waals surface area contributed by atoms with E-state index in [1.165, 1.54) is 10.9 Å². The summed E-state index contributed by atoms with van der Waals surface area (Å²) in [7, 11) is 0.